The lowest BCUT2D eigenvalue weighted by Gasteiger charge is -2.35. The highest BCUT2D eigenvalue weighted by Gasteiger charge is 2.32. The number of nitrogens with two attached hydrogens (primary N) is 1. The van der Waals surface area contributed by atoms with E-state index in [2.05, 4.69) is 9.97 Å². The molecule has 1 amide bonds. The number of amides is 1. The smallest absolute Gasteiger partial charge is 0.338 e. The van der Waals surface area contributed by atoms with Crippen molar-refractivity contribution < 1.29 is 18.0 Å². The Hall–Kier alpha value is -1.90. The van der Waals surface area contributed by atoms with Crippen molar-refractivity contribution in [3.05, 3.63) is 18.0 Å². The number of carbonyl (C=O) groups excluding carboxylic acids is 1. The summed E-state index contributed by atoms with van der Waals surface area (Å²) in [6, 6.07) is -0.557. The van der Waals surface area contributed by atoms with Crippen molar-refractivity contribution in [1.29, 1.82) is 0 Å². The summed E-state index contributed by atoms with van der Waals surface area (Å²) in [5.74, 6) is 0.0962. The lowest BCUT2D eigenvalue weighted by atomic mass is 10.2. The van der Waals surface area contributed by atoms with Crippen LogP contribution in [0.1, 0.15) is 12.5 Å². The highest BCUT2D eigenvalue weighted by Crippen LogP contribution is 2.28. The van der Waals surface area contributed by atoms with Crippen molar-refractivity contribution in [1.82, 2.24) is 14.9 Å². The van der Waals surface area contributed by atoms with E-state index in [0.29, 0.717) is 26.2 Å². The van der Waals surface area contributed by atoms with Gasteiger partial charge in [0.25, 0.3) is 0 Å². The second-order valence-corrected chi connectivity index (χ2v) is 4.87. The van der Waals surface area contributed by atoms with Gasteiger partial charge in [0.15, 0.2) is 0 Å². The lowest BCUT2D eigenvalue weighted by Crippen LogP contribution is -2.52. The highest BCUT2D eigenvalue weighted by atomic mass is 19.4. The fraction of sp³-hybridized carbons (Fsp3) is 0.583. The molecule has 1 atom stereocenters. The Morgan fingerprint density at radius 1 is 1.24 bits per heavy atom. The van der Waals surface area contributed by atoms with E-state index in [1.54, 1.807) is 16.7 Å². The van der Waals surface area contributed by atoms with Gasteiger partial charge in [-0.3, -0.25) is 4.79 Å². The summed E-state index contributed by atoms with van der Waals surface area (Å²) >= 11 is 0. The molecule has 1 fully saturated rings. The molecule has 9 heteroatoms. The van der Waals surface area contributed by atoms with Crippen LogP contribution in [0.25, 0.3) is 0 Å². The molecule has 2 N–H and O–H groups in total. The van der Waals surface area contributed by atoms with Crippen LogP contribution in [0.15, 0.2) is 12.4 Å². The first-order valence-electron chi connectivity index (χ1n) is 6.47. The van der Waals surface area contributed by atoms with Crippen molar-refractivity contribution in [2.45, 2.75) is 19.1 Å². The number of anilines is 1. The van der Waals surface area contributed by atoms with Crippen LogP contribution in [0, 0.1) is 0 Å². The summed E-state index contributed by atoms with van der Waals surface area (Å²) < 4.78 is 37.3. The van der Waals surface area contributed by atoms with E-state index < -0.39 is 17.8 Å². The van der Waals surface area contributed by atoms with Crippen molar-refractivity contribution in [2.75, 3.05) is 31.1 Å². The topological polar surface area (TPSA) is 75.4 Å². The summed E-state index contributed by atoms with van der Waals surface area (Å²) in [5.41, 5.74) is 4.66. The van der Waals surface area contributed by atoms with Crippen LogP contribution in [0.2, 0.25) is 0 Å². The van der Waals surface area contributed by atoms with Gasteiger partial charge in [0.1, 0.15) is 0 Å². The van der Waals surface area contributed by atoms with Crippen molar-refractivity contribution in [3.8, 4) is 0 Å². The summed E-state index contributed by atoms with van der Waals surface area (Å²) in [6.45, 7) is 3.44. The van der Waals surface area contributed by atoms with Crippen molar-refractivity contribution in [3.63, 3.8) is 0 Å². The zero-order valence-corrected chi connectivity index (χ0v) is 11.5. The monoisotopic (exact) mass is 303 g/mol. The van der Waals surface area contributed by atoms with Crippen molar-refractivity contribution in [2.24, 2.45) is 5.73 Å². The first kappa shape index (κ1) is 15.5. The molecule has 0 saturated carbocycles. The maximum absolute atomic E-state index is 12.4. The van der Waals surface area contributed by atoms with Gasteiger partial charge >= 0.3 is 6.18 Å². The average molecular weight is 303 g/mol. The number of rotatable bonds is 2. The molecule has 0 radical (unpaired) electrons. The molecule has 0 bridgehead atoms. The highest BCUT2D eigenvalue weighted by molar-refractivity contribution is 5.81. The van der Waals surface area contributed by atoms with Gasteiger partial charge in [-0.2, -0.15) is 13.2 Å². The molecule has 2 heterocycles. The maximum atomic E-state index is 12.4. The molecular formula is C12H16F3N5O. The molecule has 0 aromatic carbocycles. The van der Waals surface area contributed by atoms with Gasteiger partial charge in [0, 0.05) is 38.6 Å². The number of halogens is 3. The van der Waals surface area contributed by atoms with Crippen LogP contribution in [0.5, 0.6) is 0 Å². The predicted octanol–water partition coefficient (Wildman–Crippen LogP) is 0.491. The maximum Gasteiger partial charge on any atom is 0.419 e. The zero-order valence-electron chi connectivity index (χ0n) is 11.5. The van der Waals surface area contributed by atoms with E-state index in [1.165, 1.54) is 0 Å². The standard InChI is InChI=1S/C12H16F3N5O/c1-8(16)10(21)19-2-4-20(5-3-19)11-17-6-9(7-18-11)12(13,14)15/h6-8H,2-5,16H2,1H3/t8-/m0/s1. The number of nitrogens with zero attached hydrogens (tertiary/aromatic N) is 4. The van der Waals surface area contributed by atoms with Gasteiger partial charge < -0.3 is 15.5 Å². The third-order valence-corrected chi connectivity index (χ3v) is 3.23. The molecule has 0 unspecified atom stereocenters. The van der Waals surface area contributed by atoms with E-state index in [1.807, 2.05) is 0 Å². The second kappa shape index (κ2) is 5.84. The number of hydrogen-bond acceptors (Lipinski definition) is 5. The molecule has 0 spiro atoms. The quantitative estimate of drug-likeness (QED) is 0.860. The molecule has 1 aliphatic heterocycles. The van der Waals surface area contributed by atoms with Crippen LogP contribution in [0.4, 0.5) is 19.1 Å². The Labute approximate surface area is 119 Å². The minimum absolute atomic E-state index is 0.136. The minimum Gasteiger partial charge on any atom is -0.338 e. The zero-order chi connectivity index (χ0) is 15.6. The summed E-state index contributed by atoms with van der Waals surface area (Å²) in [5, 5.41) is 0. The van der Waals surface area contributed by atoms with E-state index in [-0.39, 0.29) is 11.9 Å². The first-order chi connectivity index (χ1) is 9.79. The number of alkyl halides is 3. The summed E-state index contributed by atoms with van der Waals surface area (Å²) in [7, 11) is 0. The molecule has 1 aromatic heterocycles. The summed E-state index contributed by atoms with van der Waals surface area (Å²) in [4.78, 5) is 22.6. The number of hydrogen-bond donors (Lipinski definition) is 1. The summed E-state index contributed by atoms with van der Waals surface area (Å²) in [6.07, 6.45) is -2.91. The van der Waals surface area contributed by atoms with Crippen LogP contribution in [-0.2, 0) is 11.0 Å². The Morgan fingerprint density at radius 2 is 1.76 bits per heavy atom. The van der Waals surface area contributed by atoms with Gasteiger partial charge in [-0.1, -0.05) is 0 Å². The molecular weight excluding hydrogens is 287 g/mol. The van der Waals surface area contributed by atoms with Gasteiger partial charge in [-0.25, -0.2) is 9.97 Å². The fourth-order valence-corrected chi connectivity index (χ4v) is 2.05. The van der Waals surface area contributed by atoms with E-state index in [4.69, 9.17) is 5.73 Å². The number of aromatic nitrogens is 2. The Balaban J connectivity index is 1.98. The average Bonchev–Trinajstić information content (AvgIpc) is 2.46. The van der Waals surface area contributed by atoms with Gasteiger partial charge in [-0.15, -0.1) is 0 Å². The number of carbonyl (C=O) groups is 1. The van der Waals surface area contributed by atoms with Crippen molar-refractivity contribution >= 4 is 11.9 Å². The molecule has 0 aliphatic carbocycles. The van der Waals surface area contributed by atoms with E-state index >= 15 is 0 Å². The second-order valence-electron chi connectivity index (χ2n) is 4.87. The SMILES string of the molecule is C[C@H](N)C(=O)N1CCN(c2ncc(C(F)(F)F)cn2)CC1. The van der Waals surface area contributed by atoms with Crippen LogP contribution < -0.4 is 10.6 Å². The lowest BCUT2D eigenvalue weighted by molar-refractivity contribution is -0.138. The van der Waals surface area contributed by atoms with Gasteiger partial charge in [-0.05, 0) is 6.92 Å². The van der Waals surface area contributed by atoms with E-state index in [9.17, 15) is 18.0 Å². The minimum atomic E-state index is -4.44. The third kappa shape index (κ3) is 3.60. The third-order valence-electron chi connectivity index (χ3n) is 3.23. The van der Waals surface area contributed by atoms with Crippen LogP contribution in [0.3, 0.4) is 0 Å². The van der Waals surface area contributed by atoms with Crippen LogP contribution >= 0.6 is 0 Å². The Morgan fingerprint density at radius 3 is 2.19 bits per heavy atom. The van der Waals surface area contributed by atoms with E-state index in [0.717, 1.165) is 12.4 Å². The molecule has 1 aliphatic rings. The molecule has 2 rings (SSSR count). The first-order valence-corrected chi connectivity index (χ1v) is 6.47. The Bertz CT molecular complexity index is 495. The normalized spacial score (nSPS) is 17.8. The molecule has 21 heavy (non-hydrogen) atoms. The molecule has 1 saturated heterocycles. The molecule has 1 aromatic rings. The fourth-order valence-electron chi connectivity index (χ4n) is 2.05. The molecule has 6 nitrogen and oxygen atoms in total. The Kier molecular flexibility index (Phi) is 4.31. The van der Waals surface area contributed by atoms with Crippen LogP contribution in [-0.4, -0.2) is 53.0 Å². The predicted molar refractivity (Wildman–Crippen MR) is 69.5 cm³/mol. The van der Waals surface area contributed by atoms with Gasteiger partial charge in [0.05, 0.1) is 11.6 Å². The largest absolute Gasteiger partial charge is 0.419 e. The van der Waals surface area contributed by atoms with Gasteiger partial charge in [0.2, 0.25) is 11.9 Å². The number of piperazine rings is 1. The molecule has 116 valence electrons.